The number of tetrazole rings is 1. The van der Waals surface area contributed by atoms with E-state index in [1.165, 1.54) is 11.0 Å². The Morgan fingerprint density at radius 1 is 1.15 bits per heavy atom. The Morgan fingerprint density at radius 2 is 2.05 bits per heavy atom. The molecule has 2 aliphatic rings. The van der Waals surface area contributed by atoms with Crippen LogP contribution in [-0.4, -0.2) is 47.9 Å². The van der Waals surface area contributed by atoms with Gasteiger partial charge in [-0.1, -0.05) is 18.5 Å². The number of rotatable bonds is 4. The topological polar surface area (TPSA) is 116 Å². The molecule has 0 radical (unpaired) electrons. The Morgan fingerprint density at radius 3 is 2.90 bits per heavy atom. The fraction of sp³-hybridized carbons (Fsp3) is 0.222. The van der Waals surface area contributed by atoms with Crippen LogP contribution in [0.1, 0.15) is 24.5 Å². The predicted molar refractivity (Wildman–Crippen MR) is 143 cm³/mol. The Kier molecular flexibility index (Phi) is 5.48. The van der Waals surface area contributed by atoms with Crippen LogP contribution in [0.2, 0.25) is 5.02 Å². The van der Waals surface area contributed by atoms with Crippen LogP contribution in [0.25, 0.3) is 28.1 Å². The molecule has 12 heteroatoms. The predicted octanol–water partition coefficient (Wildman–Crippen LogP) is 4.26. The van der Waals surface area contributed by atoms with Crippen molar-refractivity contribution >= 4 is 17.3 Å². The number of nitrogens with one attached hydrogen (secondary N) is 2. The van der Waals surface area contributed by atoms with Gasteiger partial charge in [0.15, 0.2) is 11.6 Å². The van der Waals surface area contributed by atoms with Crippen LogP contribution >= 0.6 is 11.6 Å². The Balaban J connectivity index is 1.27. The smallest absolute Gasteiger partial charge is 0.252 e. The van der Waals surface area contributed by atoms with E-state index >= 15 is 4.39 Å². The largest absolute Gasteiger partial charge is 0.486 e. The van der Waals surface area contributed by atoms with Crippen molar-refractivity contribution in [3.8, 4) is 33.8 Å². The van der Waals surface area contributed by atoms with E-state index in [9.17, 15) is 4.79 Å². The molecule has 7 rings (SSSR count). The highest BCUT2D eigenvalue weighted by Crippen LogP contribution is 2.39. The van der Waals surface area contributed by atoms with E-state index in [0.717, 1.165) is 16.8 Å². The maximum absolute atomic E-state index is 15.3. The molecule has 0 amide bonds. The van der Waals surface area contributed by atoms with Gasteiger partial charge in [0.1, 0.15) is 18.8 Å². The van der Waals surface area contributed by atoms with Gasteiger partial charge in [0.25, 0.3) is 5.56 Å². The second-order valence-corrected chi connectivity index (χ2v) is 10.2. The summed E-state index contributed by atoms with van der Waals surface area (Å²) in [7, 11) is 0. The first-order valence-electron chi connectivity index (χ1n) is 12.5. The number of pyridine rings is 1. The number of aromatic amines is 1. The van der Waals surface area contributed by atoms with Crippen LogP contribution in [0.15, 0.2) is 59.8 Å². The van der Waals surface area contributed by atoms with E-state index in [2.05, 4.69) is 37.7 Å². The van der Waals surface area contributed by atoms with Crippen molar-refractivity contribution in [1.82, 2.24) is 34.7 Å². The van der Waals surface area contributed by atoms with E-state index in [1.54, 1.807) is 41.1 Å². The zero-order valence-electron chi connectivity index (χ0n) is 20.7. The molecule has 0 saturated heterocycles. The molecule has 2 atom stereocenters. The maximum Gasteiger partial charge on any atom is 0.252 e. The van der Waals surface area contributed by atoms with E-state index < -0.39 is 5.82 Å². The first-order valence-corrected chi connectivity index (χ1v) is 12.9. The van der Waals surface area contributed by atoms with Crippen LogP contribution in [0.3, 0.4) is 0 Å². The fourth-order valence-corrected chi connectivity index (χ4v) is 5.74. The molecular formula is C27H22ClFN8O2. The first kappa shape index (κ1) is 23.6. The Labute approximate surface area is 226 Å². The maximum atomic E-state index is 15.3. The monoisotopic (exact) mass is 544 g/mol. The number of aromatic nitrogens is 7. The van der Waals surface area contributed by atoms with Crippen molar-refractivity contribution in [2.24, 2.45) is 5.92 Å². The van der Waals surface area contributed by atoms with E-state index in [0.29, 0.717) is 53.1 Å². The lowest BCUT2D eigenvalue weighted by molar-refractivity contribution is 0.306. The molecule has 0 fully saturated rings. The minimum atomic E-state index is -0.448. The Bertz CT molecular complexity index is 1780. The van der Waals surface area contributed by atoms with Crippen molar-refractivity contribution < 1.29 is 9.13 Å². The molecule has 10 nitrogen and oxygen atoms in total. The van der Waals surface area contributed by atoms with Gasteiger partial charge in [-0.05, 0) is 64.7 Å². The Hall–Kier alpha value is -4.51. The van der Waals surface area contributed by atoms with Crippen LogP contribution in [-0.2, 0) is 6.42 Å². The summed E-state index contributed by atoms with van der Waals surface area (Å²) in [6.45, 7) is 3.10. The van der Waals surface area contributed by atoms with E-state index in [1.807, 2.05) is 12.1 Å². The first-order chi connectivity index (χ1) is 19.0. The quantitative estimate of drug-likeness (QED) is 0.347. The lowest BCUT2D eigenvalue weighted by Gasteiger charge is -2.20. The number of fused-ring (bicyclic) bond motifs is 2. The number of nitrogens with zero attached hydrogens (tertiary/aromatic N) is 6. The third kappa shape index (κ3) is 3.88. The van der Waals surface area contributed by atoms with Gasteiger partial charge in [-0.3, -0.25) is 4.79 Å². The van der Waals surface area contributed by atoms with Crippen molar-refractivity contribution in [3.05, 3.63) is 87.7 Å². The summed E-state index contributed by atoms with van der Waals surface area (Å²) in [6, 6.07) is 12.1. The average Bonchev–Trinajstić information content (AvgIpc) is 3.69. The third-order valence-electron chi connectivity index (χ3n) is 7.29. The van der Waals surface area contributed by atoms with Crippen molar-refractivity contribution in [1.29, 1.82) is 0 Å². The van der Waals surface area contributed by atoms with Gasteiger partial charge < -0.3 is 19.6 Å². The van der Waals surface area contributed by atoms with Crippen molar-refractivity contribution in [2.45, 2.75) is 19.4 Å². The number of imidazole rings is 1. The van der Waals surface area contributed by atoms with E-state index in [-0.39, 0.29) is 23.3 Å². The summed E-state index contributed by atoms with van der Waals surface area (Å²) < 4.78 is 24.1. The van der Waals surface area contributed by atoms with Crippen molar-refractivity contribution in [2.75, 3.05) is 18.5 Å². The molecule has 39 heavy (non-hydrogen) atoms. The summed E-state index contributed by atoms with van der Waals surface area (Å²) in [6.07, 6.45) is 3.76. The highest BCUT2D eigenvalue weighted by molar-refractivity contribution is 6.31. The zero-order chi connectivity index (χ0) is 26.7. The lowest BCUT2D eigenvalue weighted by Crippen LogP contribution is -2.25. The highest BCUT2D eigenvalue weighted by Gasteiger charge is 2.34. The van der Waals surface area contributed by atoms with Gasteiger partial charge in [0, 0.05) is 34.5 Å². The molecule has 0 aliphatic carbocycles. The van der Waals surface area contributed by atoms with Crippen LogP contribution in [0.4, 0.5) is 10.1 Å². The molecular weight excluding hydrogens is 523 g/mol. The van der Waals surface area contributed by atoms with Gasteiger partial charge in [0.05, 0.1) is 29.3 Å². The minimum absolute atomic E-state index is 0.0752. The number of ether oxygens (including phenoxy) is 1. The number of benzene rings is 2. The second-order valence-electron chi connectivity index (χ2n) is 9.75. The highest BCUT2D eigenvalue weighted by atomic mass is 35.5. The standard InChI is InChI=1S/C27H22ClFN8O2/c1-14-8-17-9-15(19-11-16(28)2-5-22(19)36-13-32-34-35-36)10-23(38)37(17)25(14)27-31-12-21(33-27)18-3-4-20-26(24(18)29)39-7-6-30-20/h2-5,9-14,25,30H,6-8H2,1H3,(H,31,33)/t14-,25-/m0/s1. The summed E-state index contributed by atoms with van der Waals surface area (Å²) in [5.74, 6) is 0.433. The fourth-order valence-electron chi connectivity index (χ4n) is 5.57. The number of hydrogen-bond acceptors (Lipinski definition) is 7. The molecule has 3 aromatic heterocycles. The average molecular weight is 545 g/mol. The summed E-state index contributed by atoms with van der Waals surface area (Å²) >= 11 is 6.32. The number of halogens is 2. The molecule has 2 aliphatic heterocycles. The van der Waals surface area contributed by atoms with Gasteiger partial charge in [-0.25, -0.2) is 9.37 Å². The van der Waals surface area contributed by atoms with Crippen LogP contribution in [0.5, 0.6) is 5.75 Å². The van der Waals surface area contributed by atoms with Gasteiger partial charge in [-0.15, -0.1) is 5.10 Å². The van der Waals surface area contributed by atoms with E-state index in [4.69, 9.17) is 16.3 Å². The number of hydrogen-bond donors (Lipinski definition) is 2. The summed E-state index contributed by atoms with van der Waals surface area (Å²) in [4.78, 5) is 21.4. The van der Waals surface area contributed by atoms with Crippen LogP contribution < -0.4 is 15.6 Å². The number of H-pyrrole nitrogens is 1. The second kappa shape index (κ2) is 9.05. The van der Waals surface area contributed by atoms with Gasteiger partial charge in [-0.2, -0.15) is 4.68 Å². The lowest BCUT2D eigenvalue weighted by atomic mass is 10.0. The summed E-state index contributed by atoms with van der Waals surface area (Å²) in [5.41, 5.74) is 4.38. The van der Waals surface area contributed by atoms with Gasteiger partial charge >= 0.3 is 0 Å². The number of anilines is 1. The zero-order valence-corrected chi connectivity index (χ0v) is 21.5. The summed E-state index contributed by atoms with van der Waals surface area (Å²) in [5, 5.41) is 15.1. The third-order valence-corrected chi connectivity index (χ3v) is 7.52. The molecule has 196 valence electrons. The van der Waals surface area contributed by atoms with Crippen molar-refractivity contribution in [3.63, 3.8) is 0 Å². The van der Waals surface area contributed by atoms with Gasteiger partial charge in [0.2, 0.25) is 0 Å². The normalized spacial score (nSPS) is 17.8. The van der Waals surface area contributed by atoms with Crippen LogP contribution in [0, 0.1) is 11.7 Å². The molecule has 5 aromatic rings. The molecule has 0 bridgehead atoms. The molecule has 2 aromatic carbocycles. The molecule has 2 N–H and O–H groups in total. The minimum Gasteiger partial charge on any atom is -0.486 e. The molecule has 0 spiro atoms. The molecule has 0 unspecified atom stereocenters. The molecule has 0 saturated carbocycles. The SMILES string of the molecule is C[C@H]1Cc2cc(-c3cc(Cl)ccc3-n3cnnn3)cc(=O)n2[C@@H]1c1ncc(-c2ccc3c(c2F)OCCN3)[nH]1. The molecule has 5 heterocycles.